The normalized spacial score (nSPS) is 11.4. The number of hydrogen-bond acceptors (Lipinski definition) is 2. The summed E-state index contributed by atoms with van der Waals surface area (Å²) in [6.07, 6.45) is 5.98. The molecule has 1 aromatic heterocycles. The number of nitrogens with zero attached hydrogens (tertiary/aromatic N) is 2. The predicted molar refractivity (Wildman–Crippen MR) is 86.1 cm³/mol. The Morgan fingerprint density at radius 1 is 1.10 bits per heavy atom. The molecule has 0 fully saturated rings. The van der Waals surface area contributed by atoms with Crippen LogP contribution in [0.25, 0.3) is 11.0 Å². The second kappa shape index (κ2) is 6.89. The van der Waals surface area contributed by atoms with E-state index < -0.39 is 0 Å². The maximum absolute atomic E-state index is 5.73. The molecule has 0 saturated carbocycles. The molecule has 3 nitrogen and oxygen atoms in total. The van der Waals surface area contributed by atoms with E-state index in [1.165, 1.54) is 42.3 Å². The SMILES string of the molecule is CCCCCCn1c(CCN)nc2cc(C)c(C)cc21. The van der Waals surface area contributed by atoms with Gasteiger partial charge in [0.15, 0.2) is 0 Å². The van der Waals surface area contributed by atoms with E-state index in [2.05, 4.69) is 37.5 Å². The molecule has 0 aliphatic heterocycles. The van der Waals surface area contributed by atoms with Gasteiger partial charge in [-0.25, -0.2) is 4.98 Å². The van der Waals surface area contributed by atoms with E-state index in [-0.39, 0.29) is 0 Å². The molecule has 0 bridgehead atoms. The van der Waals surface area contributed by atoms with Gasteiger partial charge in [-0.3, -0.25) is 0 Å². The van der Waals surface area contributed by atoms with Crippen molar-refractivity contribution in [3.8, 4) is 0 Å². The summed E-state index contributed by atoms with van der Waals surface area (Å²) >= 11 is 0. The topological polar surface area (TPSA) is 43.8 Å². The summed E-state index contributed by atoms with van der Waals surface area (Å²) in [5.74, 6) is 1.14. The second-order valence-corrected chi connectivity index (χ2v) is 5.70. The molecule has 0 atom stereocenters. The molecule has 0 spiro atoms. The first-order valence-corrected chi connectivity index (χ1v) is 7.83. The molecule has 0 aliphatic carbocycles. The molecular formula is C17H27N3. The van der Waals surface area contributed by atoms with Crippen LogP contribution >= 0.6 is 0 Å². The summed E-state index contributed by atoms with van der Waals surface area (Å²) in [7, 11) is 0. The fourth-order valence-electron chi connectivity index (χ4n) is 2.70. The highest BCUT2D eigenvalue weighted by molar-refractivity contribution is 5.78. The lowest BCUT2D eigenvalue weighted by Gasteiger charge is -2.09. The average Bonchev–Trinajstić information content (AvgIpc) is 2.73. The quantitative estimate of drug-likeness (QED) is 0.781. The van der Waals surface area contributed by atoms with Gasteiger partial charge in [-0.15, -0.1) is 0 Å². The van der Waals surface area contributed by atoms with Crippen molar-refractivity contribution in [3.63, 3.8) is 0 Å². The molecule has 0 amide bonds. The summed E-state index contributed by atoms with van der Waals surface area (Å²) in [6.45, 7) is 8.30. The molecule has 20 heavy (non-hydrogen) atoms. The van der Waals surface area contributed by atoms with Crippen LogP contribution in [0.1, 0.15) is 49.6 Å². The van der Waals surface area contributed by atoms with Crippen LogP contribution in [0.5, 0.6) is 0 Å². The van der Waals surface area contributed by atoms with Crippen LogP contribution in [-0.2, 0) is 13.0 Å². The van der Waals surface area contributed by atoms with Crippen LogP contribution in [0.4, 0.5) is 0 Å². The first-order valence-electron chi connectivity index (χ1n) is 7.83. The van der Waals surface area contributed by atoms with Gasteiger partial charge in [0, 0.05) is 13.0 Å². The number of benzene rings is 1. The second-order valence-electron chi connectivity index (χ2n) is 5.70. The molecular weight excluding hydrogens is 246 g/mol. The van der Waals surface area contributed by atoms with Gasteiger partial charge in [-0.1, -0.05) is 26.2 Å². The van der Waals surface area contributed by atoms with Gasteiger partial charge < -0.3 is 10.3 Å². The lowest BCUT2D eigenvalue weighted by Crippen LogP contribution is -2.10. The molecule has 0 radical (unpaired) electrons. The van der Waals surface area contributed by atoms with E-state index >= 15 is 0 Å². The minimum atomic E-state index is 0.663. The van der Waals surface area contributed by atoms with Crippen molar-refractivity contribution in [1.82, 2.24) is 9.55 Å². The summed E-state index contributed by atoms with van der Waals surface area (Å²) in [4.78, 5) is 4.79. The van der Waals surface area contributed by atoms with E-state index in [9.17, 15) is 0 Å². The lowest BCUT2D eigenvalue weighted by atomic mass is 10.1. The zero-order valence-electron chi connectivity index (χ0n) is 13.1. The Hall–Kier alpha value is -1.35. The summed E-state index contributed by atoms with van der Waals surface area (Å²) in [5, 5.41) is 0. The van der Waals surface area contributed by atoms with Crippen molar-refractivity contribution in [2.45, 2.75) is 59.4 Å². The third kappa shape index (κ3) is 3.21. The van der Waals surface area contributed by atoms with Gasteiger partial charge in [0.1, 0.15) is 5.82 Å². The highest BCUT2D eigenvalue weighted by atomic mass is 15.1. The van der Waals surface area contributed by atoms with Crippen LogP contribution in [0.15, 0.2) is 12.1 Å². The Balaban J connectivity index is 2.32. The van der Waals surface area contributed by atoms with Gasteiger partial charge in [-0.2, -0.15) is 0 Å². The molecule has 0 unspecified atom stereocenters. The maximum atomic E-state index is 5.73. The molecule has 1 heterocycles. The average molecular weight is 273 g/mol. The van der Waals surface area contributed by atoms with Crippen molar-refractivity contribution < 1.29 is 0 Å². The van der Waals surface area contributed by atoms with Crippen molar-refractivity contribution in [2.24, 2.45) is 5.73 Å². The molecule has 3 heteroatoms. The van der Waals surface area contributed by atoms with Gasteiger partial charge in [0.05, 0.1) is 11.0 Å². The molecule has 2 aromatic rings. The maximum Gasteiger partial charge on any atom is 0.111 e. The first-order chi connectivity index (χ1) is 9.67. The van der Waals surface area contributed by atoms with Crippen LogP contribution < -0.4 is 5.73 Å². The van der Waals surface area contributed by atoms with Crippen molar-refractivity contribution in [3.05, 3.63) is 29.1 Å². The molecule has 2 rings (SSSR count). The zero-order chi connectivity index (χ0) is 14.5. The van der Waals surface area contributed by atoms with Gasteiger partial charge in [0.2, 0.25) is 0 Å². The van der Waals surface area contributed by atoms with E-state index in [0.717, 1.165) is 24.3 Å². The van der Waals surface area contributed by atoms with E-state index in [0.29, 0.717) is 6.54 Å². The monoisotopic (exact) mass is 273 g/mol. The number of fused-ring (bicyclic) bond motifs is 1. The number of nitrogens with two attached hydrogens (primary N) is 1. The fourth-order valence-corrected chi connectivity index (χ4v) is 2.70. The van der Waals surface area contributed by atoms with Crippen molar-refractivity contribution >= 4 is 11.0 Å². The Kier molecular flexibility index (Phi) is 5.18. The van der Waals surface area contributed by atoms with E-state index in [4.69, 9.17) is 10.7 Å². The van der Waals surface area contributed by atoms with Gasteiger partial charge in [0.25, 0.3) is 0 Å². The summed E-state index contributed by atoms with van der Waals surface area (Å²) < 4.78 is 2.38. The lowest BCUT2D eigenvalue weighted by molar-refractivity contribution is 0.574. The number of imidazole rings is 1. The van der Waals surface area contributed by atoms with Gasteiger partial charge >= 0.3 is 0 Å². The molecule has 2 N–H and O–H groups in total. The van der Waals surface area contributed by atoms with Crippen LogP contribution in [0.2, 0.25) is 0 Å². The zero-order valence-corrected chi connectivity index (χ0v) is 13.1. The highest BCUT2D eigenvalue weighted by Crippen LogP contribution is 2.22. The van der Waals surface area contributed by atoms with Crippen LogP contribution in [0.3, 0.4) is 0 Å². The Bertz CT molecular complexity index is 569. The van der Waals surface area contributed by atoms with Gasteiger partial charge in [-0.05, 0) is 50.1 Å². The van der Waals surface area contributed by atoms with Crippen LogP contribution in [0, 0.1) is 13.8 Å². The molecule has 110 valence electrons. The minimum absolute atomic E-state index is 0.663. The number of aryl methyl sites for hydroxylation is 3. The summed E-state index contributed by atoms with van der Waals surface area (Å²) in [5.41, 5.74) is 10.8. The predicted octanol–water partition coefficient (Wildman–Crippen LogP) is 3.73. The largest absolute Gasteiger partial charge is 0.330 e. The van der Waals surface area contributed by atoms with E-state index in [1.54, 1.807) is 0 Å². The Labute approximate surface area is 122 Å². The molecule has 0 saturated heterocycles. The third-order valence-electron chi connectivity index (χ3n) is 4.05. The third-order valence-corrected chi connectivity index (χ3v) is 4.05. The Morgan fingerprint density at radius 3 is 2.55 bits per heavy atom. The Morgan fingerprint density at radius 2 is 1.85 bits per heavy atom. The van der Waals surface area contributed by atoms with Crippen molar-refractivity contribution in [1.29, 1.82) is 0 Å². The standard InChI is InChI=1S/C17H27N3/c1-4-5-6-7-10-20-16-12-14(3)13(2)11-15(16)19-17(20)8-9-18/h11-12H,4-10,18H2,1-3H3. The van der Waals surface area contributed by atoms with E-state index in [1.807, 2.05) is 0 Å². The number of hydrogen-bond donors (Lipinski definition) is 1. The molecule has 0 aliphatic rings. The molecule has 1 aromatic carbocycles. The number of unbranched alkanes of at least 4 members (excludes halogenated alkanes) is 3. The van der Waals surface area contributed by atoms with Crippen LogP contribution in [-0.4, -0.2) is 16.1 Å². The smallest absolute Gasteiger partial charge is 0.111 e. The fraction of sp³-hybridized carbons (Fsp3) is 0.588. The highest BCUT2D eigenvalue weighted by Gasteiger charge is 2.11. The first kappa shape index (κ1) is 15.0. The number of rotatable bonds is 7. The minimum Gasteiger partial charge on any atom is -0.330 e. The summed E-state index contributed by atoms with van der Waals surface area (Å²) in [6, 6.07) is 4.48. The number of aromatic nitrogens is 2. The van der Waals surface area contributed by atoms with Crippen molar-refractivity contribution in [2.75, 3.05) is 6.54 Å².